The Hall–Kier alpha value is -3.88. The maximum absolute atomic E-state index is 12.8. The van der Waals surface area contributed by atoms with E-state index in [1.165, 1.54) is 25.3 Å². The van der Waals surface area contributed by atoms with E-state index < -0.39 is 11.7 Å². The summed E-state index contributed by atoms with van der Waals surface area (Å²) in [4.78, 5) is 10.7. The fourth-order valence-corrected chi connectivity index (χ4v) is 4.18. The highest BCUT2D eigenvalue weighted by Crippen LogP contribution is 2.31. The van der Waals surface area contributed by atoms with Crippen LogP contribution in [0.4, 0.5) is 24.7 Å². The topological polar surface area (TPSA) is 69.7 Å². The normalized spacial score (nSPS) is 14.4. The maximum atomic E-state index is 12.8. The summed E-state index contributed by atoms with van der Waals surface area (Å²) in [6.07, 6.45) is 3.75. The Bertz CT molecular complexity index is 1320. The second-order valence-electron chi connectivity index (χ2n) is 8.35. The number of rotatable bonds is 5. The van der Waals surface area contributed by atoms with E-state index in [1.54, 1.807) is 0 Å². The second kappa shape index (κ2) is 8.81. The van der Waals surface area contributed by atoms with E-state index in [0.29, 0.717) is 11.4 Å². The van der Waals surface area contributed by atoms with Gasteiger partial charge < -0.3 is 10.2 Å². The Morgan fingerprint density at radius 1 is 0.971 bits per heavy atom. The molecule has 1 aliphatic rings. The van der Waals surface area contributed by atoms with E-state index in [2.05, 4.69) is 43.0 Å². The van der Waals surface area contributed by atoms with Gasteiger partial charge >= 0.3 is 6.18 Å². The van der Waals surface area contributed by atoms with Crippen LogP contribution >= 0.6 is 0 Å². The van der Waals surface area contributed by atoms with Gasteiger partial charge in [0.2, 0.25) is 0 Å². The van der Waals surface area contributed by atoms with Crippen molar-refractivity contribution in [1.82, 2.24) is 20.2 Å². The van der Waals surface area contributed by atoms with Gasteiger partial charge in [-0.3, -0.25) is 10.1 Å². The summed E-state index contributed by atoms with van der Waals surface area (Å²) in [6, 6.07) is 10.4. The molecule has 0 bridgehead atoms. The van der Waals surface area contributed by atoms with Gasteiger partial charge in [0.05, 0.1) is 28.7 Å². The van der Waals surface area contributed by atoms with Gasteiger partial charge in [-0.15, -0.1) is 0 Å². The first kappa shape index (κ1) is 21.9. The van der Waals surface area contributed by atoms with Crippen LogP contribution in [-0.2, 0) is 6.18 Å². The molecule has 0 radical (unpaired) electrons. The van der Waals surface area contributed by atoms with Crippen LogP contribution in [0, 0.1) is 0 Å². The number of aromatic nitrogens is 4. The van der Waals surface area contributed by atoms with E-state index >= 15 is 0 Å². The first-order chi connectivity index (χ1) is 16.4. The number of pyridine rings is 2. The molecule has 0 spiro atoms. The van der Waals surface area contributed by atoms with E-state index in [-0.39, 0.29) is 5.82 Å². The lowest BCUT2D eigenvalue weighted by molar-refractivity contribution is -0.137. The average Bonchev–Trinajstić information content (AvgIpc) is 3.28. The summed E-state index contributed by atoms with van der Waals surface area (Å²) >= 11 is 0. The number of piperidine rings is 1. The number of alkyl halides is 3. The SMILES string of the molecule is C=C(Nc1ccc(C(F)(F)F)cn1)c1n[nH]c2ccc(-c3cncc(N4CCCCC4)c3)cc12. The number of nitrogens with zero attached hydrogens (tertiary/aromatic N) is 4. The molecular formula is C25H23F3N6. The molecule has 0 atom stereocenters. The fourth-order valence-electron chi connectivity index (χ4n) is 4.18. The lowest BCUT2D eigenvalue weighted by atomic mass is 10.0. The van der Waals surface area contributed by atoms with Crippen molar-refractivity contribution in [2.24, 2.45) is 0 Å². The minimum Gasteiger partial charge on any atom is -0.370 e. The van der Waals surface area contributed by atoms with Gasteiger partial charge in [0.15, 0.2) is 0 Å². The summed E-state index contributed by atoms with van der Waals surface area (Å²) in [6.45, 7) is 6.10. The van der Waals surface area contributed by atoms with Crippen molar-refractivity contribution in [2.75, 3.05) is 23.3 Å². The Balaban J connectivity index is 1.40. The molecule has 0 unspecified atom stereocenters. The first-order valence-corrected chi connectivity index (χ1v) is 11.1. The van der Waals surface area contributed by atoms with Crippen LogP contribution in [0.1, 0.15) is 30.5 Å². The summed E-state index contributed by atoms with van der Waals surface area (Å²) in [5, 5.41) is 11.1. The van der Waals surface area contributed by atoms with Gasteiger partial charge in [0, 0.05) is 36.4 Å². The number of benzene rings is 1. The zero-order valence-electron chi connectivity index (χ0n) is 18.4. The van der Waals surface area contributed by atoms with Crippen LogP contribution in [0.5, 0.6) is 0 Å². The molecule has 4 heterocycles. The predicted octanol–water partition coefficient (Wildman–Crippen LogP) is 6.11. The first-order valence-electron chi connectivity index (χ1n) is 11.1. The van der Waals surface area contributed by atoms with Gasteiger partial charge in [-0.2, -0.15) is 18.3 Å². The molecule has 9 heteroatoms. The molecule has 4 aromatic rings. The maximum Gasteiger partial charge on any atom is 0.417 e. The molecule has 0 saturated carbocycles. The molecule has 5 rings (SSSR count). The number of nitrogens with one attached hydrogen (secondary N) is 2. The molecule has 0 amide bonds. The van der Waals surface area contributed by atoms with Crippen molar-refractivity contribution < 1.29 is 13.2 Å². The number of hydrogen-bond donors (Lipinski definition) is 2. The van der Waals surface area contributed by atoms with Crippen molar-refractivity contribution in [1.29, 1.82) is 0 Å². The fraction of sp³-hybridized carbons (Fsp3) is 0.240. The van der Waals surface area contributed by atoms with Crippen molar-refractivity contribution in [3.05, 3.63) is 72.8 Å². The van der Waals surface area contributed by atoms with E-state index in [4.69, 9.17) is 0 Å². The minimum atomic E-state index is -4.43. The Labute approximate surface area is 194 Å². The summed E-state index contributed by atoms with van der Waals surface area (Å²) in [5.41, 5.74) is 4.11. The van der Waals surface area contributed by atoms with Crippen molar-refractivity contribution in [3.8, 4) is 11.1 Å². The van der Waals surface area contributed by atoms with E-state index in [0.717, 1.165) is 53.1 Å². The molecule has 0 aliphatic carbocycles. The van der Waals surface area contributed by atoms with Crippen LogP contribution in [-0.4, -0.2) is 33.3 Å². The predicted molar refractivity (Wildman–Crippen MR) is 127 cm³/mol. The number of H-pyrrole nitrogens is 1. The van der Waals surface area contributed by atoms with Crippen LogP contribution < -0.4 is 10.2 Å². The van der Waals surface area contributed by atoms with Gasteiger partial charge in [0.25, 0.3) is 0 Å². The molecule has 174 valence electrons. The zero-order chi connectivity index (χ0) is 23.7. The highest BCUT2D eigenvalue weighted by molar-refractivity contribution is 5.94. The molecule has 3 aromatic heterocycles. The lowest BCUT2D eigenvalue weighted by Crippen LogP contribution is -2.29. The van der Waals surface area contributed by atoms with Crippen LogP contribution in [0.25, 0.3) is 27.7 Å². The monoisotopic (exact) mass is 464 g/mol. The third-order valence-electron chi connectivity index (χ3n) is 6.00. The van der Waals surface area contributed by atoms with Crippen molar-refractivity contribution in [3.63, 3.8) is 0 Å². The number of hydrogen-bond acceptors (Lipinski definition) is 5. The van der Waals surface area contributed by atoms with Crippen molar-refractivity contribution >= 4 is 28.1 Å². The molecule has 1 fully saturated rings. The van der Waals surface area contributed by atoms with Gasteiger partial charge in [-0.1, -0.05) is 12.6 Å². The van der Waals surface area contributed by atoms with Crippen LogP contribution in [0.3, 0.4) is 0 Å². The zero-order valence-corrected chi connectivity index (χ0v) is 18.4. The van der Waals surface area contributed by atoms with E-state index in [9.17, 15) is 13.2 Å². The molecule has 2 N–H and O–H groups in total. The minimum absolute atomic E-state index is 0.253. The number of aromatic amines is 1. The highest BCUT2D eigenvalue weighted by Gasteiger charge is 2.30. The molecule has 34 heavy (non-hydrogen) atoms. The molecule has 1 aliphatic heterocycles. The van der Waals surface area contributed by atoms with Gasteiger partial charge in [-0.25, -0.2) is 4.98 Å². The molecule has 1 aromatic carbocycles. The summed E-state index contributed by atoms with van der Waals surface area (Å²) in [7, 11) is 0. The lowest BCUT2D eigenvalue weighted by Gasteiger charge is -2.28. The standard InChI is InChI=1S/C25H23F3N6/c1-16(31-23-8-6-19(14-30-23)25(26,27)28)24-21-12-17(5-7-22(21)32-33-24)18-11-20(15-29-13-18)34-9-3-2-4-10-34/h5-8,11-15H,1-4,9-10H2,(H,30,31)(H,32,33). The largest absolute Gasteiger partial charge is 0.417 e. The quantitative estimate of drug-likeness (QED) is 0.373. The Kier molecular flexibility index (Phi) is 5.69. The van der Waals surface area contributed by atoms with Crippen LogP contribution in [0.2, 0.25) is 0 Å². The van der Waals surface area contributed by atoms with Crippen molar-refractivity contribution in [2.45, 2.75) is 25.4 Å². The number of fused-ring (bicyclic) bond motifs is 1. The Morgan fingerprint density at radius 2 is 1.79 bits per heavy atom. The van der Waals surface area contributed by atoms with E-state index in [1.807, 2.05) is 30.6 Å². The highest BCUT2D eigenvalue weighted by atomic mass is 19.4. The molecule has 6 nitrogen and oxygen atoms in total. The third-order valence-corrected chi connectivity index (χ3v) is 6.00. The number of anilines is 2. The third kappa shape index (κ3) is 4.46. The number of halogens is 3. The summed E-state index contributed by atoms with van der Waals surface area (Å²) < 4.78 is 38.4. The van der Waals surface area contributed by atoms with Gasteiger partial charge in [0.1, 0.15) is 11.5 Å². The summed E-state index contributed by atoms with van der Waals surface area (Å²) in [5.74, 6) is 0.253. The average molecular weight is 464 g/mol. The molecular weight excluding hydrogens is 441 g/mol. The Morgan fingerprint density at radius 3 is 2.53 bits per heavy atom. The smallest absolute Gasteiger partial charge is 0.370 e. The van der Waals surface area contributed by atoms with Crippen LogP contribution in [0.15, 0.2) is 61.6 Å². The molecule has 1 saturated heterocycles. The second-order valence-corrected chi connectivity index (χ2v) is 8.35. The van der Waals surface area contributed by atoms with Gasteiger partial charge in [-0.05, 0) is 55.2 Å².